The van der Waals surface area contributed by atoms with Crippen LogP contribution in [0.25, 0.3) is 22.5 Å². The van der Waals surface area contributed by atoms with Crippen molar-refractivity contribution >= 4 is 23.0 Å². The predicted octanol–water partition coefficient (Wildman–Crippen LogP) is 4.16. The molecule has 3 aromatic carbocycles. The van der Waals surface area contributed by atoms with E-state index >= 15 is 0 Å². The van der Waals surface area contributed by atoms with Gasteiger partial charge >= 0.3 is 0 Å². The number of aromatic nitrogens is 4. The van der Waals surface area contributed by atoms with Gasteiger partial charge in [-0.2, -0.15) is 5.21 Å². The number of benzene rings is 3. The van der Waals surface area contributed by atoms with E-state index in [1.54, 1.807) is 12.1 Å². The van der Waals surface area contributed by atoms with E-state index in [1.165, 1.54) is 12.1 Å². The monoisotopic (exact) mass is 404 g/mol. The lowest BCUT2D eigenvalue weighted by Crippen LogP contribution is -2.27. The Bertz CT molecular complexity index is 1090. The van der Waals surface area contributed by atoms with Crippen molar-refractivity contribution < 1.29 is 4.39 Å². The van der Waals surface area contributed by atoms with Gasteiger partial charge in [0.05, 0.1) is 0 Å². The van der Waals surface area contributed by atoms with Gasteiger partial charge in [0.25, 0.3) is 0 Å². The molecular weight excluding hydrogens is 387 g/mol. The Kier molecular flexibility index (Phi) is 5.53. The molecule has 0 amide bonds. The van der Waals surface area contributed by atoms with E-state index in [1.807, 2.05) is 48.5 Å². The number of thiocarbonyl (C=S) groups is 1. The second-order valence-corrected chi connectivity index (χ2v) is 6.70. The quantitative estimate of drug-likeness (QED) is 0.434. The third-order valence-corrected chi connectivity index (χ3v) is 4.58. The van der Waals surface area contributed by atoms with Crippen molar-refractivity contribution in [3.05, 3.63) is 84.2 Å². The molecule has 0 aliphatic rings. The Hall–Kier alpha value is -3.65. The van der Waals surface area contributed by atoms with Gasteiger partial charge in [-0.1, -0.05) is 48.5 Å². The minimum Gasteiger partial charge on any atom is -0.358 e. The van der Waals surface area contributed by atoms with Crippen molar-refractivity contribution in [3.63, 3.8) is 0 Å². The Morgan fingerprint density at radius 2 is 1.66 bits per heavy atom. The molecule has 0 atom stereocenters. The Morgan fingerprint density at radius 3 is 2.34 bits per heavy atom. The Labute approximate surface area is 172 Å². The summed E-state index contributed by atoms with van der Waals surface area (Å²) in [6.07, 6.45) is 0. The Morgan fingerprint density at radius 1 is 0.931 bits per heavy atom. The van der Waals surface area contributed by atoms with Gasteiger partial charge in [-0.05, 0) is 58.4 Å². The van der Waals surface area contributed by atoms with Crippen molar-refractivity contribution in [2.75, 3.05) is 5.32 Å². The smallest absolute Gasteiger partial charge is 0.205 e. The molecule has 4 rings (SSSR count). The fraction of sp³-hybridized carbons (Fsp3) is 0.0476. The van der Waals surface area contributed by atoms with Crippen molar-refractivity contribution in [1.29, 1.82) is 0 Å². The number of hydrogen-bond donors (Lipinski definition) is 3. The molecule has 8 heteroatoms. The number of anilines is 1. The van der Waals surface area contributed by atoms with E-state index < -0.39 is 0 Å². The van der Waals surface area contributed by atoms with E-state index in [2.05, 4.69) is 31.3 Å². The zero-order chi connectivity index (χ0) is 20.1. The second-order valence-electron chi connectivity index (χ2n) is 6.29. The number of rotatable bonds is 5. The molecule has 6 nitrogen and oxygen atoms in total. The number of tetrazole rings is 1. The van der Waals surface area contributed by atoms with Gasteiger partial charge in [0.15, 0.2) is 5.11 Å². The van der Waals surface area contributed by atoms with Gasteiger partial charge in [-0.25, -0.2) is 4.39 Å². The van der Waals surface area contributed by atoms with Crippen LogP contribution in [0.4, 0.5) is 10.1 Å². The van der Waals surface area contributed by atoms with Crippen LogP contribution in [0.1, 0.15) is 5.56 Å². The number of hydrogen-bond acceptors (Lipinski definition) is 4. The first-order valence-electron chi connectivity index (χ1n) is 8.91. The maximum atomic E-state index is 13.0. The summed E-state index contributed by atoms with van der Waals surface area (Å²) in [6, 6.07) is 22.1. The average molecular weight is 404 g/mol. The minimum absolute atomic E-state index is 0.282. The summed E-state index contributed by atoms with van der Waals surface area (Å²) >= 11 is 5.29. The highest BCUT2D eigenvalue weighted by Gasteiger charge is 2.10. The van der Waals surface area contributed by atoms with Gasteiger partial charge < -0.3 is 10.6 Å². The second kappa shape index (κ2) is 8.57. The van der Waals surface area contributed by atoms with E-state index in [-0.39, 0.29) is 5.82 Å². The summed E-state index contributed by atoms with van der Waals surface area (Å²) in [5, 5.41) is 20.9. The summed E-state index contributed by atoms with van der Waals surface area (Å²) in [4.78, 5) is 0. The van der Waals surface area contributed by atoms with Crippen LogP contribution in [0.2, 0.25) is 0 Å². The molecular formula is C21H17FN6S. The molecule has 0 fully saturated rings. The van der Waals surface area contributed by atoms with Crippen LogP contribution in [0.3, 0.4) is 0 Å². The van der Waals surface area contributed by atoms with E-state index in [0.29, 0.717) is 17.5 Å². The zero-order valence-electron chi connectivity index (χ0n) is 15.3. The summed E-state index contributed by atoms with van der Waals surface area (Å²) in [5.74, 6) is 0.277. The van der Waals surface area contributed by atoms with Gasteiger partial charge in [-0.15, -0.1) is 10.2 Å². The number of H-pyrrole nitrogens is 1. The van der Waals surface area contributed by atoms with Crippen molar-refractivity contribution in [1.82, 2.24) is 25.9 Å². The van der Waals surface area contributed by atoms with E-state index in [4.69, 9.17) is 12.2 Å². The highest BCUT2D eigenvalue weighted by Crippen LogP contribution is 2.29. The lowest BCUT2D eigenvalue weighted by atomic mass is 9.98. The van der Waals surface area contributed by atoms with Crippen LogP contribution in [0.15, 0.2) is 72.8 Å². The van der Waals surface area contributed by atoms with Crippen molar-refractivity contribution in [2.45, 2.75) is 6.54 Å². The van der Waals surface area contributed by atoms with Gasteiger partial charge in [0, 0.05) is 17.8 Å². The van der Waals surface area contributed by atoms with E-state index in [0.717, 1.165) is 27.9 Å². The summed E-state index contributed by atoms with van der Waals surface area (Å²) in [7, 11) is 0. The molecule has 29 heavy (non-hydrogen) atoms. The third-order valence-electron chi connectivity index (χ3n) is 4.33. The maximum absolute atomic E-state index is 13.0. The van der Waals surface area contributed by atoms with Gasteiger partial charge in [0.1, 0.15) is 5.82 Å². The van der Waals surface area contributed by atoms with Crippen LogP contribution < -0.4 is 10.6 Å². The zero-order valence-corrected chi connectivity index (χ0v) is 16.1. The number of nitrogens with one attached hydrogen (secondary N) is 3. The van der Waals surface area contributed by atoms with E-state index in [9.17, 15) is 4.39 Å². The van der Waals surface area contributed by atoms with Gasteiger partial charge in [0.2, 0.25) is 5.82 Å². The molecule has 1 aromatic heterocycles. The fourth-order valence-corrected chi connectivity index (χ4v) is 3.09. The van der Waals surface area contributed by atoms with Gasteiger partial charge in [-0.3, -0.25) is 0 Å². The Balaban J connectivity index is 1.41. The number of halogens is 1. The molecule has 0 saturated heterocycles. The van der Waals surface area contributed by atoms with Crippen LogP contribution in [-0.2, 0) is 6.54 Å². The van der Waals surface area contributed by atoms with Crippen LogP contribution in [0.5, 0.6) is 0 Å². The van der Waals surface area contributed by atoms with Crippen LogP contribution in [0, 0.1) is 5.82 Å². The molecule has 0 aliphatic carbocycles. The maximum Gasteiger partial charge on any atom is 0.205 e. The lowest BCUT2D eigenvalue weighted by molar-refractivity contribution is 0.628. The molecule has 144 valence electrons. The molecule has 0 aliphatic heterocycles. The number of nitrogens with zero attached hydrogens (tertiary/aromatic N) is 3. The normalized spacial score (nSPS) is 10.5. The van der Waals surface area contributed by atoms with Crippen LogP contribution >= 0.6 is 12.2 Å². The molecule has 0 radical (unpaired) electrons. The minimum atomic E-state index is -0.282. The standard InChI is InChI=1S/C21H17FN6S/c22-16-9-11-17(12-10-16)24-21(29)23-13-14-5-7-15(8-6-14)18-3-1-2-4-19(18)20-25-27-28-26-20/h1-12H,13H2,(H2,23,24,29)(H,25,26,27,28). The first kappa shape index (κ1) is 18.7. The molecule has 1 heterocycles. The topological polar surface area (TPSA) is 78.5 Å². The summed E-state index contributed by atoms with van der Waals surface area (Å²) in [5.41, 5.74) is 4.81. The van der Waals surface area contributed by atoms with Crippen molar-refractivity contribution in [3.8, 4) is 22.5 Å². The third kappa shape index (κ3) is 4.61. The SMILES string of the molecule is Fc1ccc(NC(=S)NCc2ccc(-c3ccccc3-c3nn[nH]n3)cc2)cc1. The summed E-state index contributed by atoms with van der Waals surface area (Å²) in [6.45, 7) is 0.569. The molecule has 4 aromatic rings. The first-order chi connectivity index (χ1) is 14.2. The fourth-order valence-electron chi connectivity index (χ4n) is 2.90. The first-order valence-corrected chi connectivity index (χ1v) is 9.32. The molecule has 0 bridgehead atoms. The predicted molar refractivity (Wildman–Crippen MR) is 115 cm³/mol. The highest BCUT2D eigenvalue weighted by molar-refractivity contribution is 7.80. The number of aromatic amines is 1. The average Bonchev–Trinajstić information content (AvgIpc) is 3.29. The molecule has 0 saturated carbocycles. The molecule has 0 spiro atoms. The summed E-state index contributed by atoms with van der Waals surface area (Å²) < 4.78 is 13.0. The van der Waals surface area contributed by atoms with Crippen molar-refractivity contribution in [2.24, 2.45) is 0 Å². The molecule has 3 N–H and O–H groups in total. The van der Waals surface area contributed by atoms with Crippen LogP contribution in [-0.4, -0.2) is 25.7 Å². The molecule has 0 unspecified atom stereocenters. The lowest BCUT2D eigenvalue weighted by Gasteiger charge is -2.11. The largest absolute Gasteiger partial charge is 0.358 e. The highest BCUT2D eigenvalue weighted by atomic mass is 32.1.